The molecule has 0 aliphatic carbocycles. The third-order valence-electron chi connectivity index (χ3n) is 5.21. The summed E-state index contributed by atoms with van der Waals surface area (Å²) in [6, 6.07) is 17.5. The number of nitrogens with zero attached hydrogens (tertiary/aromatic N) is 3. The van der Waals surface area contributed by atoms with Crippen molar-refractivity contribution in [1.29, 1.82) is 0 Å². The molecule has 3 aromatic rings. The molecular formula is C26H30ClN3O3. The maximum absolute atomic E-state index is 10.5. The van der Waals surface area contributed by atoms with Crippen LogP contribution in [0.15, 0.2) is 54.6 Å². The van der Waals surface area contributed by atoms with Crippen LogP contribution in [-0.4, -0.2) is 51.7 Å². The summed E-state index contributed by atoms with van der Waals surface area (Å²) < 4.78 is 13.3. The van der Waals surface area contributed by atoms with E-state index in [2.05, 4.69) is 24.7 Å². The van der Waals surface area contributed by atoms with E-state index >= 15 is 0 Å². The molecule has 0 amide bonds. The molecule has 1 heterocycles. The quantitative estimate of drug-likeness (QED) is 0.325. The first-order chi connectivity index (χ1) is 15.9. The van der Waals surface area contributed by atoms with Crippen LogP contribution in [-0.2, 0) is 18.3 Å². The van der Waals surface area contributed by atoms with Crippen molar-refractivity contribution in [3.05, 3.63) is 65.2 Å². The fourth-order valence-electron chi connectivity index (χ4n) is 3.52. The first kappa shape index (κ1) is 24.8. The molecule has 0 radical (unpaired) electrons. The van der Waals surface area contributed by atoms with Gasteiger partial charge in [0.2, 0.25) is 5.88 Å². The van der Waals surface area contributed by atoms with E-state index in [9.17, 15) is 5.11 Å². The van der Waals surface area contributed by atoms with Gasteiger partial charge in [0.25, 0.3) is 0 Å². The number of hydrogen-bond acceptors (Lipinski definition) is 5. The van der Waals surface area contributed by atoms with Crippen LogP contribution < -0.4 is 4.74 Å². The Morgan fingerprint density at radius 2 is 1.85 bits per heavy atom. The van der Waals surface area contributed by atoms with Crippen molar-refractivity contribution in [3.63, 3.8) is 0 Å². The summed E-state index contributed by atoms with van der Waals surface area (Å²) in [5, 5.41) is 15.8. The van der Waals surface area contributed by atoms with Crippen molar-refractivity contribution in [2.24, 2.45) is 7.05 Å². The molecule has 0 unspecified atom stereocenters. The number of para-hydroxylation sites is 1. The van der Waals surface area contributed by atoms with Crippen LogP contribution in [0.2, 0.25) is 5.02 Å². The van der Waals surface area contributed by atoms with Crippen LogP contribution >= 0.6 is 11.6 Å². The topological polar surface area (TPSA) is 59.8 Å². The lowest BCUT2D eigenvalue weighted by Gasteiger charge is -2.29. The Hall–Kier alpha value is -2.82. The van der Waals surface area contributed by atoms with E-state index in [0.29, 0.717) is 29.7 Å². The first-order valence-corrected chi connectivity index (χ1v) is 11.3. The van der Waals surface area contributed by atoms with Gasteiger partial charge < -0.3 is 14.6 Å². The van der Waals surface area contributed by atoms with E-state index < -0.39 is 6.10 Å². The Morgan fingerprint density at radius 3 is 2.52 bits per heavy atom. The van der Waals surface area contributed by atoms with Gasteiger partial charge in [0.1, 0.15) is 18.1 Å². The van der Waals surface area contributed by atoms with E-state index in [1.807, 2.05) is 55.6 Å². The van der Waals surface area contributed by atoms with Crippen molar-refractivity contribution in [2.45, 2.75) is 32.5 Å². The Kier molecular flexibility index (Phi) is 8.93. The number of aliphatic hydroxyl groups excluding tert-OH is 1. The molecule has 0 fully saturated rings. The number of halogens is 1. The average Bonchev–Trinajstić information content (AvgIpc) is 3.10. The Balaban J connectivity index is 1.96. The fraction of sp³-hybridized carbons (Fsp3) is 0.346. The van der Waals surface area contributed by atoms with Crippen LogP contribution in [0.25, 0.3) is 11.3 Å². The van der Waals surface area contributed by atoms with Crippen molar-refractivity contribution in [3.8, 4) is 35.2 Å². The van der Waals surface area contributed by atoms with Crippen molar-refractivity contribution < 1.29 is 14.6 Å². The highest BCUT2D eigenvalue weighted by Gasteiger charge is 2.25. The number of hydrogen-bond donors (Lipinski definition) is 1. The molecule has 2 aromatic carbocycles. The lowest BCUT2D eigenvalue weighted by molar-refractivity contribution is 0.0191. The molecular weight excluding hydrogens is 438 g/mol. The van der Waals surface area contributed by atoms with Gasteiger partial charge in [-0.3, -0.25) is 4.90 Å². The predicted molar refractivity (Wildman–Crippen MR) is 131 cm³/mol. The summed E-state index contributed by atoms with van der Waals surface area (Å²) in [4.78, 5) is 2.16. The molecule has 174 valence electrons. The van der Waals surface area contributed by atoms with Gasteiger partial charge >= 0.3 is 0 Å². The summed E-state index contributed by atoms with van der Waals surface area (Å²) in [5.41, 5.74) is 2.72. The molecule has 0 saturated carbocycles. The second-order valence-corrected chi connectivity index (χ2v) is 8.46. The van der Waals surface area contributed by atoms with Crippen LogP contribution in [0.4, 0.5) is 0 Å². The van der Waals surface area contributed by atoms with E-state index in [-0.39, 0.29) is 19.3 Å². The number of terminal acetylenes is 1. The smallest absolute Gasteiger partial charge is 0.222 e. The third kappa shape index (κ3) is 6.59. The van der Waals surface area contributed by atoms with Gasteiger partial charge in [0.05, 0.1) is 23.3 Å². The maximum atomic E-state index is 10.5. The minimum Gasteiger partial charge on any atom is -0.437 e. The highest BCUT2D eigenvalue weighted by atomic mass is 35.5. The molecule has 1 atom stereocenters. The summed E-state index contributed by atoms with van der Waals surface area (Å²) >= 11 is 6.36. The highest BCUT2D eigenvalue weighted by Crippen LogP contribution is 2.36. The third-order valence-corrected chi connectivity index (χ3v) is 5.52. The summed E-state index contributed by atoms with van der Waals surface area (Å²) in [6.45, 7) is 5.45. The minimum absolute atomic E-state index is 0.157. The zero-order valence-corrected chi connectivity index (χ0v) is 20.0. The molecule has 0 aliphatic rings. The molecule has 1 aromatic heterocycles. The number of aromatic nitrogens is 2. The monoisotopic (exact) mass is 467 g/mol. The number of aryl methyl sites for hydroxylation is 1. The standard InChI is InChI=1S/C26H30ClN3O3/c1-5-15-32-18-21(31)16-30(19(2)3)17-22-25(20-11-7-6-8-12-20)28-29(4)26(22)33-24-14-10-9-13-23(24)27/h1,6-14,19,21,31H,15-18H2,2-4H3/t21-/m0/s1. The van der Waals surface area contributed by atoms with E-state index in [1.54, 1.807) is 10.7 Å². The van der Waals surface area contributed by atoms with Crippen molar-refractivity contribution in [2.75, 3.05) is 19.8 Å². The number of ether oxygens (including phenoxy) is 2. The SMILES string of the molecule is C#CCOC[C@@H](O)CN(Cc1c(-c2ccccc2)nn(C)c1Oc1ccccc1Cl)C(C)C. The Labute approximate surface area is 200 Å². The molecule has 7 heteroatoms. The first-order valence-electron chi connectivity index (χ1n) is 10.9. The Bertz CT molecular complexity index is 1080. The lowest BCUT2D eigenvalue weighted by atomic mass is 10.1. The minimum atomic E-state index is -0.675. The van der Waals surface area contributed by atoms with Gasteiger partial charge in [0.15, 0.2) is 0 Å². The fourth-order valence-corrected chi connectivity index (χ4v) is 3.69. The van der Waals surface area contributed by atoms with Crippen LogP contribution in [0, 0.1) is 12.3 Å². The molecule has 33 heavy (non-hydrogen) atoms. The zero-order chi connectivity index (χ0) is 23.8. The zero-order valence-electron chi connectivity index (χ0n) is 19.2. The lowest BCUT2D eigenvalue weighted by Crippen LogP contribution is -2.39. The molecule has 0 bridgehead atoms. The average molecular weight is 468 g/mol. The number of benzene rings is 2. The van der Waals surface area contributed by atoms with Gasteiger partial charge in [-0.15, -0.1) is 6.42 Å². The van der Waals surface area contributed by atoms with Gasteiger partial charge in [-0.2, -0.15) is 5.10 Å². The molecule has 3 rings (SSSR count). The molecule has 0 saturated heterocycles. The second-order valence-electron chi connectivity index (χ2n) is 8.05. The van der Waals surface area contributed by atoms with Gasteiger partial charge in [-0.1, -0.05) is 60.0 Å². The Morgan fingerprint density at radius 1 is 1.15 bits per heavy atom. The molecule has 0 spiro atoms. The normalized spacial score (nSPS) is 12.2. The predicted octanol–water partition coefficient (Wildman–Crippen LogP) is 4.75. The second kappa shape index (κ2) is 11.9. The summed E-state index contributed by atoms with van der Waals surface area (Å²) in [5.74, 6) is 3.58. The van der Waals surface area contributed by atoms with Crippen molar-refractivity contribution in [1.82, 2.24) is 14.7 Å². The maximum Gasteiger partial charge on any atom is 0.222 e. The molecule has 1 N–H and O–H groups in total. The van der Waals surface area contributed by atoms with Crippen molar-refractivity contribution >= 4 is 11.6 Å². The van der Waals surface area contributed by atoms with E-state index in [1.165, 1.54) is 0 Å². The summed E-state index contributed by atoms with van der Waals surface area (Å²) in [7, 11) is 1.85. The van der Waals surface area contributed by atoms with Gasteiger partial charge in [-0.25, -0.2) is 4.68 Å². The van der Waals surface area contributed by atoms with E-state index in [4.69, 9.17) is 32.6 Å². The van der Waals surface area contributed by atoms with Gasteiger partial charge in [-0.05, 0) is 26.0 Å². The summed E-state index contributed by atoms with van der Waals surface area (Å²) in [6.07, 6.45) is 4.56. The highest BCUT2D eigenvalue weighted by molar-refractivity contribution is 6.32. The number of aliphatic hydroxyl groups is 1. The van der Waals surface area contributed by atoms with Crippen LogP contribution in [0.1, 0.15) is 19.4 Å². The molecule has 0 aliphatic heterocycles. The van der Waals surface area contributed by atoms with Crippen LogP contribution in [0.5, 0.6) is 11.6 Å². The molecule has 6 nitrogen and oxygen atoms in total. The van der Waals surface area contributed by atoms with Gasteiger partial charge in [0, 0.05) is 31.7 Å². The van der Waals surface area contributed by atoms with Crippen LogP contribution in [0.3, 0.4) is 0 Å². The van der Waals surface area contributed by atoms with E-state index in [0.717, 1.165) is 16.8 Å². The largest absolute Gasteiger partial charge is 0.437 e. The number of rotatable bonds is 11.